The van der Waals surface area contributed by atoms with Crippen LogP contribution in [-0.4, -0.2) is 73.3 Å². The molecule has 0 aromatic rings. The Bertz CT molecular complexity index is 1020. The lowest BCUT2D eigenvalue weighted by atomic mass is 9.96. The van der Waals surface area contributed by atoms with Gasteiger partial charge in [0.15, 0.2) is 25.0 Å². The van der Waals surface area contributed by atoms with Gasteiger partial charge in [0.2, 0.25) is 0 Å². The Kier molecular flexibility index (Phi) is 23.9. The van der Waals surface area contributed by atoms with E-state index in [1.165, 1.54) is 89.9 Å². The Labute approximate surface area is 337 Å². The van der Waals surface area contributed by atoms with Gasteiger partial charge in [0, 0.05) is 12.5 Å². The number of rotatable bonds is 32. The summed E-state index contributed by atoms with van der Waals surface area (Å²) < 4.78 is 32.8. The third kappa shape index (κ3) is 23.8. The molecule has 0 aliphatic carbocycles. The minimum absolute atomic E-state index is 0.0586. The van der Waals surface area contributed by atoms with E-state index in [2.05, 4.69) is 65.8 Å². The molecule has 2 rings (SSSR count). The van der Waals surface area contributed by atoms with Gasteiger partial charge in [-0.25, -0.2) is 0 Å². The second-order valence-electron chi connectivity index (χ2n) is 20.0. The summed E-state index contributed by atoms with van der Waals surface area (Å²) in [5.74, 6) is -0.404. The first-order valence-electron chi connectivity index (χ1n) is 22.7. The maximum atomic E-state index is 12.2. The van der Waals surface area contributed by atoms with Gasteiger partial charge in [-0.1, -0.05) is 103 Å². The van der Waals surface area contributed by atoms with E-state index in [9.17, 15) is 9.59 Å². The molecule has 0 saturated carbocycles. The van der Waals surface area contributed by atoms with E-state index in [0.717, 1.165) is 51.4 Å². The van der Waals surface area contributed by atoms with Crippen molar-refractivity contribution in [2.75, 3.05) is 0 Å². The molecule has 7 atom stereocenters. The molecule has 10 heteroatoms. The number of Topliss-reactive ketones (excluding diaryl/α,β-unsaturated/α-hetero) is 1. The van der Waals surface area contributed by atoms with Gasteiger partial charge in [-0.15, -0.1) is 0 Å². The summed E-state index contributed by atoms with van der Waals surface area (Å²) in [6.07, 6.45) is 28.6. The van der Waals surface area contributed by atoms with Gasteiger partial charge >= 0.3 is 5.97 Å². The van der Waals surface area contributed by atoms with E-state index in [4.69, 9.17) is 22.8 Å². The second kappa shape index (κ2) is 25.9. The van der Waals surface area contributed by atoms with Crippen LogP contribution in [0.25, 0.3) is 0 Å². The highest BCUT2D eigenvalue weighted by molar-refractivity contribution is 6.70. The summed E-state index contributed by atoms with van der Waals surface area (Å²) in [6, 6.07) is 0. The molecule has 0 aromatic carbocycles. The van der Waals surface area contributed by atoms with E-state index in [1.54, 1.807) is 6.92 Å². The highest BCUT2D eigenvalue weighted by Crippen LogP contribution is 2.34. The lowest BCUT2D eigenvalue weighted by molar-refractivity contribution is -0.145. The molecule has 0 aromatic heterocycles. The second-order valence-corrected chi connectivity index (χ2v) is 33.4. The number of carbonyl (C=O) groups is 2. The first-order valence-corrected chi connectivity index (χ1v) is 33.0. The zero-order chi connectivity index (χ0) is 40.2. The zero-order valence-corrected chi connectivity index (χ0v) is 40.4. The molecule has 7 nitrogen and oxygen atoms in total. The van der Waals surface area contributed by atoms with Gasteiger partial charge in [0.1, 0.15) is 11.9 Å². The fourth-order valence-corrected chi connectivity index (χ4v) is 12.0. The fourth-order valence-electron chi connectivity index (χ4n) is 8.41. The molecule has 54 heavy (non-hydrogen) atoms. The number of cyclic esters (lactones) is 1. The van der Waals surface area contributed by atoms with Crippen molar-refractivity contribution >= 4 is 36.7 Å². The van der Waals surface area contributed by atoms with Crippen LogP contribution in [0, 0.1) is 5.92 Å². The van der Waals surface area contributed by atoms with Crippen LogP contribution in [-0.2, 0) is 32.3 Å². The van der Waals surface area contributed by atoms with Crippen molar-refractivity contribution in [1.82, 2.24) is 0 Å². The van der Waals surface area contributed by atoms with Crippen LogP contribution < -0.4 is 0 Å². The molecular formula is C44H88O7Si3. The van der Waals surface area contributed by atoms with Crippen molar-refractivity contribution in [1.29, 1.82) is 0 Å². The predicted octanol–water partition coefficient (Wildman–Crippen LogP) is 12.9. The summed E-state index contributed by atoms with van der Waals surface area (Å²) in [4.78, 5) is 23.8. The average molecular weight is 813 g/mol. The van der Waals surface area contributed by atoms with Gasteiger partial charge in [0.25, 0.3) is 0 Å². The number of unbranched alkanes of at least 4 members (excludes halogenated alkanes) is 13. The highest BCUT2D eigenvalue weighted by Gasteiger charge is 2.39. The number of ketones is 1. The van der Waals surface area contributed by atoms with E-state index >= 15 is 0 Å². The predicted molar refractivity (Wildman–Crippen MR) is 234 cm³/mol. The number of hydrogen-bond acceptors (Lipinski definition) is 7. The third-order valence-electron chi connectivity index (χ3n) is 10.8. The van der Waals surface area contributed by atoms with Crippen LogP contribution in [0.15, 0.2) is 0 Å². The number of hydrogen-bond donors (Lipinski definition) is 0. The SMILES string of the molecule is CCCCCCCCCCCC[C@H](O[Si](C)(C)C)[C@@H]1CC[C@@H]([C@H](CCCCCCCC(CCC2CC(CC(C)=O)C(=O)O2)O[Si](C)(C)C)O[Si](C)(C)C)O1. The van der Waals surface area contributed by atoms with Gasteiger partial charge in [-0.3, -0.25) is 4.79 Å². The van der Waals surface area contributed by atoms with Crippen LogP contribution in [0.5, 0.6) is 0 Å². The third-order valence-corrected chi connectivity index (χ3v) is 13.9. The van der Waals surface area contributed by atoms with Crippen molar-refractivity contribution < 1.29 is 32.3 Å². The summed E-state index contributed by atoms with van der Waals surface area (Å²) in [5, 5.41) is 0. The summed E-state index contributed by atoms with van der Waals surface area (Å²) in [5.41, 5.74) is 0. The number of ether oxygens (including phenoxy) is 2. The minimum atomic E-state index is -1.73. The molecule has 2 heterocycles. The highest BCUT2D eigenvalue weighted by atomic mass is 28.4. The Morgan fingerprint density at radius 2 is 1.06 bits per heavy atom. The van der Waals surface area contributed by atoms with Crippen molar-refractivity contribution in [3.63, 3.8) is 0 Å². The van der Waals surface area contributed by atoms with Crippen LogP contribution >= 0.6 is 0 Å². The molecular weight excluding hydrogens is 725 g/mol. The Hall–Kier alpha value is -0.369. The molecule has 318 valence electrons. The van der Waals surface area contributed by atoms with E-state index in [-0.39, 0.29) is 54.3 Å². The van der Waals surface area contributed by atoms with Gasteiger partial charge in [0.05, 0.1) is 30.3 Å². The lowest BCUT2D eigenvalue weighted by Gasteiger charge is -2.33. The first-order chi connectivity index (χ1) is 25.3. The largest absolute Gasteiger partial charge is 0.462 e. The molecule has 0 radical (unpaired) electrons. The average Bonchev–Trinajstić information content (AvgIpc) is 3.67. The van der Waals surface area contributed by atoms with Crippen molar-refractivity contribution in [2.45, 2.75) is 263 Å². The van der Waals surface area contributed by atoms with E-state index in [1.807, 2.05) is 0 Å². The standard InChI is InChI=1S/C44H88O7Si3/c1-12-13-14-15-16-17-18-19-22-25-28-42(50-53(6,7)8)40-32-33-41(48-40)43(51-54(9,10)11)29-26-23-20-21-24-27-38(49-52(3,4)5)30-31-39-35-37(34-36(2)45)44(46)47-39/h37-43H,12-35H2,1-11H3/t37?,38?,39?,40-,41-,42-,43-/m0/s1. The Balaban J connectivity index is 1.78. The maximum Gasteiger partial charge on any atom is 0.309 e. The fraction of sp³-hybridized carbons (Fsp3) is 0.955. The smallest absolute Gasteiger partial charge is 0.309 e. The Morgan fingerprint density at radius 1 is 0.630 bits per heavy atom. The molecule has 2 saturated heterocycles. The molecule has 0 bridgehead atoms. The van der Waals surface area contributed by atoms with E-state index < -0.39 is 25.0 Å². The van der Waals surface area contributed by atoms with Crippen molar-refractivity contribution in [3.8, 4) is 0 Å². The molecule has 3 unspecified atom stereocenters. The van der Waals surface area contributed by atoms with Gasteiger partial charge < -0.3 is 27.5 Å². The zero-order valence-electron chi connectivity index (χ0n) is 37.4. The maximum absolute atomic E-state index is 12.2. The first kappa shape index (κ1) is 49.8. The van der Waals surface area contributed by atoms with Crippen LogP contribution in [0.1, 0.15) is 168 Å². The molecule has 0 spiro atoms. The Morgan fingerprint density at radius 3 is 1.48 bits per heavy atom. The minimum Gasteiger partial charge on any atom is -0.462 e. The topological polar surface area (TPSA) is 80.3 Å². The van der Waals surface area contributed by atoms with Crippen LogP contribution in [0.4, 0.5) is 0 Å². The van der Waals surface area contributed by atoms with Crippen molar-refractivity contribution in [3.05, 3.63) is 0 Å². The molecule has 0 N–H and O–H groups in total. The van der Waals surface area contributed by atoms with Gasteiger partial charge in [-0.05, 0) is 117 Å². The molecule has 2 aliphatic rings. The van der Waals surface area contributed by atoms with Crippen molar-refractivity contribution in [2.24, 2.45) is 5.92 Å². The number of carbonyl (C=O) groups excluding carboxylic acids is 2. The monoisotopic (exact) mass is 813 g/mol. The summed E-state index contributed by atoms with van der Waals surface area (Å²) >= 11 is 0. The van der Waals surface area contributed by atoms with Crippen LogP contribution in [0.2, 0.25) is 58.9 Å². The van der Waals surface area contributed by atoms with Crippen LogP contribution in [0.3, 0.4) is 0 Å². The number of esters is 1. The summed E-state index contributed by atoms with van der Waals surface area (Å²) in [7, 11) is -5.11. The normalized spacial score (nSPS) is 22.8. The molecule has 2 fully saturated rings. The lowest BCUT2D eigenvalue weighted by Crippen LogP contribution is -2.42. The van der Waals surface area contributed by atoms with Gasteiger partial charge in [-0.2, -0.15) is 0 Å². The van der Waals surface area contributed by atoms with E-state index in [0.29, 0.717) is 12.8 Å². The summed E-state index contributed by atoms with van der Waals surface area (Å²) in [6.45, 7) is 24.5. The molecule has 0 amide bonds. The molecule has 2 aliphatic heterocycles. The quantitative estimate of drug-likeness (QED) is 0.0380.